The monoisotopic (exact) mass is 318 g/mol. The topological polar surface area (TPSA) is 59.4 Å². The molecule has 1 unspecified atom stereocenters. The van der Waals surface area contributed by atoms with Crippen molar-refractivity contribution in [2.75, 3.05) is 0 Å². The van der Waals surface area contributed by atoms with E-state index in [4.69, 9.17) is 0 Å². The Hall–Kier alpha value is -1.97. The van der Waals surface area contributed by atoms with Crippen LogP contribution in [0.3, 0.4) is 0 Å². The summed E-state index contributed by atoms with van der Waals surface area (Å²) in [5.74, 6) is -0.110. The average Bonchev–Trinajstić information content (AvgIpc) is 2.80. The van der Waals surface area contributed by atoms with Crippen LogP contribution in [0.25, 0.3) is 0 Å². The number of aliphatic imine (C=N–C) groups is 1. The van der Waals surface area contributed by atoms with E-state index in [0.29, 0.717) is 21.3 Å². The van der Waals surface area contributed by atoms with E-state index in [1.165, 1.54) is 5.11 Å². The van der Waals surface area contributed by atoms with E-state index in [1.54, 1.807) is 36.5 Å². The normalized spacial score (nSPS) is 16.4. The Morgan fingerprint density at radius 3 is 2.68 bits per heavy atom. The number of hydrogen-bond donors (Lipinski definition) is 0. The third-order valence-corrected chi connectivity index (χ3v) is 5.12. The van der Waals surface area contributed by atoms with Gasteiger partial charge in [-0.1, -0.05) is 0 Å². The fourth-order valence-corrected chi connectivity index (χ4v) is 3.73. The van der Waals surface area contributed by atoms with Crippen LogP contribution in [0, 0.1) is 6.92 Å². The summed E-state index contributed by atoms with van der Waals surface area (Å²) in [5, 5.41) is 1.48. The Labute approximate surface area is 114 Å². The number of ketones is 1. The second-order valence-corrected chi connectivity index (χ2v) is 6.84. The molecule has 1 aromatic carbocycles. The number of aromatic nitrogens is 1. The van der Waals surface area contributed by atoms with Gasteiger partial charge in [0.05, 0.1) is 0 Å². The van der Waals surface area contributed by atoms with Crippen LogP contribution in [0.2, 0.25) is 0 Å². The van der Waals surface area contributed by atoms with E-state index in [2.05, 4.69) is 9.98 Å². The summed E-state index contributed by atoms with van der Waals surface area (Å²) < 4.78 is 12.4. The zero-order valence-corrected chi connectivity index (χ0v) is 11.9. The van der Waals surface area contributed by atoms with E-state index in [1.807, 2.05) is 6.92 Å². The molecule has 0 radical (unpaired) electrons. The van der Waals surface area contributed by atoms with Gasteiger partial charge in [0.25, 0.3) is 0 Å². The Bertz CT molecular complexity index is 721. The summed E-state index contributed by atoms with van der Waals surface area (Å²) in [5.41, 5.74) is 2.63. The number of rotatable bonds is 2. The van der Waals surface area contributed by atoms with E-state index < -0.39 is 13.8 Å². The van der Waals surface area contributed by atoms with Crippen LogP contribution in [0.5, 0.6) is 0 Å². The summed E-state index contributed by atoms with van der Waals surface area (Å²) >= 11 is -2.19. The molecule has 4 nitrogen and oxygen atoms in total. The average molecular weight is 317 g/mol. The van der Waals surface area contributed by atoms with Crippen LogP contribution in [-0.2, 0) is 3.83 Å². The summed E-state index contributed by atoms with van der Waals surface area (Å²) in [6.07, 6.45) is 1.56. The van der Waals surface area contributed by atoms with Gasteiger partial charge in [-0.25, -0.2) is 0 Å². The van der Waals surface area contributed by atoms with Gasteiger partial charge in [0, 0.05) is 0 Å². The van der Waals surface area contributed by atoms with Gasteiger partial charge in [-0.2, -0.15) is 0 Å². The first-order valence-corrected chi connectivity index (χ1v) is 8.26. The van der Waals surface area contributed by atoms with Crippen molar-refractivity contribution in [2.24, 2.45) is 4.99 Å². The predicted molar refractivity (Wildman–Crippen MR) is 73.1 cm³/mol. The first kappa shape index (κ1) is 12.1. The van der Waals surface area contributed by atoms with Crippen molar-refractivity contribution >= 4 is 34.9 Å². The number of benzene rings is 1. The molecule has 1 aromatic heterocycles. The van der Waals surface area contributed by atoms with Crippen molar-refractivity contribution in [2.45, 2.75) is 6.92 Å². The Kier molecular flexibility index (Phi) is 2.93. The molecule has 3 rings (SSSR count). The molecule has 0 saturated carbocycles. The minimum atomic E-state index is -2.19. The van der Waals surface area contributed by atoms with E-state index in [9.17, 15) is 8.63 Å². The van der Waals surface area contributed by atoms with Gasteiger partial charge >= 0.3 is 114 Å². The molecule has 0 saturated heterocycles. The molecular weight excluding hydrogens is 307 g/mol. The van der Waals surface area contributed by atoms with Crippen LogP contribution in [0.15, 0.2) is 41.5 Å². The number of carbonyl (C=O) groups is 1. The molecule has 19 heavy (non-hydrogen) atoms. The maximum absolute atomic E-state index is 12.3. The number of carbonyl (C=O) groups excluding carboxylic acids is 1. The van der Waals surface area contributed by atoms with Crippen molar-refractivity contribution in [3.63, 3.8) is 0 Å². The van der Waals surface area contributed by atoms with Gasteiger partial charge in [-0.05, 0) is 0 Å². The van der Waals surface area contributed by atoms with Crippen molar-refractivity contribution in [1.82, 2.24) is 4.98 Å². The molecule has 2 heterocycles. The van der Waals surface area contributed by atoms with Crippen molar-refractivity contribution < 1.29 is 8.63 Å². The molecule has 0 fully saturated rings. The zero-order valence-electron chi connectivity index (χ0n) is 10.2. The second-order valence-electron chi connectivity index (χ2n) is 4.23. The molecule has 1 aliphatic heterocycles. The summed E-state index contributed by atoms with van der Waals surface area (Å²) in [4.78, 5) is 20.5. The third kappa shape index (κ3) is 2.18. The van der Waals surface area contributed by atoms with Crippen LogP contribution in [-0.4, -0.2) is 29.7 Å². The van der Waals surface area contributed by atoms with Gasteiger partial charge in [-0.15, -0.1) is 0 Å². The predicted octanol–water partition coefficient (Wildman–Crippen LogP) is 1.51. The van der Waals surface area contributed by atoms with E-state index in [0.717, 1.165) is 5.69 Å². The summed E-state index contributed by atoms with van der Waals surface area (Å²) in [6.45, 7) is 1.87. The third-order valence-electron chi connectivity index (χ3n) is 2.90. The van der Waals surface area contributed by atoms with E-state index in [-0.39, 0.29) is 5.78 Å². The first-order chi connectivity index (χ1) is 9.15. The Morgan fingerprint density at radius 1 is 1.16 bits per heavy atom. The van der Waals surface area contributed by atoms with Gasteiger partial charge in [0.2, 0.25) is 0 Å². The SMILES string of the molecule is Cc1ccc(C(=O)c2ccc3c(c2)[Se](=O)C=N3)cn1. The molecule has 0 bridgehead atoms. The molecule has 5 heteroatoms. The van der Waals surface area contributed by atoms with Gasteiger partial charge in [-0.3, -0.25) is 0 Å². The zero-order chi connectivity index (χ0) is 13.4. The minimum absolute atomic E-state index is 0.110. The standard InChI is InChI=1S/C14H10N2O2Se/c1-9-2-3-11(7-15-9)14(17)10-4-5-12-13(6-10)19(18)8-16-12/h2-8H,1H3. The fourth-order valence-electron chi connectivity index (χ4n) is 1.85. The summed E-state index contributed by atoms with van der Waals surface area (Å²) in [6, 6.07) is 8.68. The van der Waals surface area contributed by atoms with Gasteiger partial charge < -0.3 is 0 Å². The van der Waals surface area contributed by atoms with Crippen LogP contribution < -0.4 is 4.46 Å². The molecule has 2 aromatic rings. The van der Waals surface area contributed by atoms with Crippen LogP contribution in [0.1, 0.15) is 21.6 Å². The Morgan fingerprint density at radius 2 is 1.95 bits per heavy atom. The molecule has 0 aliphatic carbocycles. The van der Waals surface area contributed by atoms with Crippen molar-refractivity contribution in [1.29, 1.82) is 0 Å². The van der Waals surface area contributed by atoms with Gasteiger partial charge in [0.15, 0.2) is 0 Å². The van der Waals surface area contributed by atoms with Crippen molar-refractivity contribution in [3.05, 3.63) is 53.3 Å². The van der Waals surface area contributed by atoms with Crippen LogP contribution >= 0.6 is 0 Å². The molecule has 0 amide bonds. The first-order valence-electron chi connectivity index (χ1n) is 5.71. The number of fused-ring (bicyclic) bond motifs is 1. The summed E-state index contributed by atoms with van der Waals surface area (Å²) in [7, 11) is 0. The van der Waals surface area contributed by atoms with E-state index >= 15 is 0 Å². The number of nitrogens with zero attached hydrogens (tertiary/aromatic N) is 2. The number of pyridine rings is 1. The molecule has 0 N–H and O–H groups in total. The molecule has 1 aliphatic rings. The van der Waals surface area contributed by atoms with Crippen molar-refractivity contribution in [3.8, 4) is 0 Å². The molecular formula is C14H10N2O2Se. The molecule has 0 spiro atoms. The van der Waals surface area contributed by atoms with Gasteiger partial charge in [0.1, 0.15) is 0 Å². The number of hydrogen-bond acceptors (Lipinski definition) is 4. The maximum atomic E-state index is 12.3. The number of aryl methyl sites for hydroxylation is 1. The molecule has 1 atom stereocenters. The Balaban J connectivity index is 1.99. The fraction of sp³-hybridized carbons (Fsp3) is 0.0714. The second kappa shape index (κ2) is 4.61. The molecule has 94 valence electrons. The van der Waals surface area contributed by atoms with Crippen LogP contribution in [0.4, 0.5) is 5.69 Å². The quantitative estimate of drug-likeness (QED) is 0.623.